The number of hydrogen-bond acceptors (Lipinski definition) is 8. The zero-order chi connectivity index (χ0) is 26.6. The molecule has 10 heteroatoms. The highest BCUT2D eigenvalue weighted by atomic mass is 19.1. The molecule has 0 bridgehead atoms. The Hall–Kier alpha value is -5.12. The lowest BCUT2D eigenvalue weighted by Crippen LogP contribution is -2.17. The first-order valence-electron chi connectivity index (χ1n) is 11.5. The number of carbonyl (C=O) groups is 1. The van der Waals surface area contributed by atoms with Crippen molar-refractivity contribution in [3.05, 3.63) is 90.3 Å². The molecule has 0 radical (unpaired) electrons. The van der Waals surface area contributed by atoms with Crippen LogP contribution in [0.25, 0.3) is 22.2 Å². The van der Waals surface area contributed by atoms with E-state index in [1.807, 2.05) is 0 Å². The summed E-state index contributed by atoms with van der Waals surface area (Å²) in [4.78, 5) is 21.8. The molecule has 3 aromatic heterocycles. The van der Waals surface area contributed by atoms with Crippen molar-refractivity contribution in [3.63, 3.8) is 0 Å². The van der Waals surface area contributed by atoms with Crippen molar-refractivity contribution in [2.45, 2.75) is 6.92 Å². The van der Waals surface area contributed by atoms with Gasteiger partial charge in [-0.2, -0.15) is 5.10 Å². The van der Waals surface area contributed by atoms with Gasteiger partial charge in [-0.25, -0.2) is 9.37 Å². The van der Waals surface area contributed by atoms with E-state index in [9.17, 15) is 9.18 Å². The second-order valence-electron chi connectivity index (χ2n) is 8.18. The van der Waals surface area contributed by atoms with E-state index in [4.69, 9.17) is 14.2 Å². The molecular weight excluding hydrogens is 489 g/mol. The average molecular weight is 512 g/mol. The molecule has 0 aliphatic rings. The number of halogens is 1. The van der Waals surface area contributed by atoms with Gasteiger partial charge in [-0.1, -0.05) is 12.1 Å². The van der Waals surface area contributed by atoms with Crippen molar-refractivity contribution in [2.75, 3.05) is 19.5 Å². The molecule has 0 saturated carbocycles. The molecule has 1 amide bonds. The molecule has 0 spiro atoms. The van der Waals surface area contributed by atoms with Gasteiger partial charge in [-0.05, 0) is 48.9 Å². The van der Waals surface area contributed by atoms with Crippen LogP contribution in [0.15, 0.2) is 73.1 Å². The summed E-state index contributed by atoms with van der Waals surface area (Å²) < 4.78 is 30.2. The summed E-state index contributed by atoms with van der Waals surface area (Å²) in [7, 11) is 3.01. The van der Waals surface area contributed by atoms with Crippen LogP contribution in [0.5, 0.6) is 23.0 Å². The van der Waals surface area contributed by atoms with Crippen LogP contribution in [0.2, 0.25) is 0 Å². The van der Waals surface area contributed by atoms with E-state index >= 15 is 0 Å². The maximum absolute atomic E-state index is 13.4. The van der Waals surface area contributed by atoms with E-state index in [-0.39, 0.29) is 17.3 Å². The number of hydrogen-bond donors (Lipinski definition) is 1. The van der Waals surface area contributed by atoms with Gasteiger partial charge in [0.25, 0.3) is 5.91 Å². The fourth-order valence-corrected chi connectivity index (χ4v) is 3.91. The summed E-state index contributed by atoms with van der Waals surface area (Å²) in [6, 6.07) is 16.2. The summed E-state index contributed by atoms with van der Waals surface area (Å²) in [5.41, 5.74) is 3.50. The van der Waals surface area contributed by atoms with Gasteiger partial charge < -0.3 is 19.5 Å². The third kappa shape index (κ3) is 4.92. The average Bonchev–Trinajstić information content (AvgIpc) is 2.94. The number of benzene rings is 2. The number of nitrogens with one attached hydrogen (secondary N) is 1. The highest BCUT2D eigenvalue weighted by Gasteiger charge is 2.22. The molecule has 0 unspecified atom stereocenters. The molecule has 38 heavy (non-hydrogen) atoms. The van der Waals surface area contributed by atoms with Crippen LogP contribution < -0.4 is 19.5 Å². The Kier molecular flexibility index (Phi) is 6.77. The third-order valence-electron chi connectivity index (χ3n) is 5.75. The minimum atomic E-state index is -0.510. The SMILES string of the molecule is COc1cnc2c(Oc3ccc(NC(=O)c4nnc(C)c(-c5ccc(F)cc5)c4OC)cc3)ccnc2c1. The molecule has 190 valence electrons. The molecule has 2 aromatic carbocycles. The quantitative estimate of drug-likeness (QED) is 0.301. The molecule has 0 fully saturated rings. The lowest BCUT2D eigenvalue weighted by molar-refractivity contribution is 0.101. The smallest absolute Gasteiger partial charge is 0.280 e. The minimum absolute atomic E-state index is 0.00232. The molecule has 5 aromatic rings. The van der Waals surface area contributed by atoms with Crippen molar-refractivity contribution in [2.24, 2.45) is 0 Å². The molecule has 9 nitrogen and oxygen atoms in total. The van der Waals surface area contributed by atoms with E-state index < -0.39 is 5.91 Å². The maximum Gasteiger partial charge on any atom is 0.280 e. The summed E-state index contributed by atoms with van der Waals surface area (Å²) in [6.07, 6.45) is 3.23. The minimum Gasteiger partial charge on any atom is -0.495 e. The number of methoxy groups -OCH3 is 2. The van der Waals surface area contributed by atoms with Gasteiger partial charge in [0, 0.05) is 29.6 Å². The Labute approximate surface area is 217 Å². The van der Waals surface area contributed by atoms with Gasteiger partial charge in [0.05, 0.1) is 31.6 Å². The normalized spacial score (nSPS) is 10.7. The number of aryl methyl sites for hydroxylation is 1. The molecule has 0 atom stereocenters. The molecular formula is C28H22FN5O4. The molecule has 0 aliphatic heterocycles. The van der Waals surface area contributed by atoms with Crippen LogP contribution in [0.4, 0.5) is 10.1 Å². The molecule has 0 aliphatic carbocycles. The number of ether oxygens (including phenoxy) is 3. The largest absolute Gasteiger partial charge is 0.495 e. The number of carbonyl (C=O) groups excluding carboxylic acids is 1. The van der Waals surface area contributed by atoms with Crippen molar-refractivity contribution in [1.29, 1.82) is 0 Å². The van der Waals surface area contributed by atoms with E-state index in [0.29, 0.717) is 50.8 Å². The fourth-order valence-electron chi connectivity index (χ4n) is 3.91. The monoisotopic (exact) mass is 511 g/mol. The van der Waals surface area contributed by atoms with Crippen molar-refractivity contribution < 1.29 is 23.4 Å². The summed E-state index contributed by atoms with van der Waals surface area (Å²) in [5.74, 6) is 1.04. The zero-order valence-corrected chi connectivity index (χ0v) is 20.7. The molecule has 0 saturated heterocycles. The number of pyridine rings is 2. The second-order valence-corrected chi connectivity index (χ2v) is 8.18. The summed E-state index contributed by atoms with van der Waals surface area (Å²) in [6.45, 7) is 1.74. The molecule has 3 heterocycles. The summed E-state index contributed by atoms with van der Waals surface area (Å²) in [5, 5.41) is 11.0. The van der Waals surface area contributed by atoms with Crippen molar-refractivity contribution in [3.8, 4) is 34.1 Å². The van der Waals surface area contributed by atoms with Gasteiger partial charge in [0.1, 0.15) is 22.8 Å². The highest BCUT2D eigenvalue weighted by Crippen LogP contribution is 2.35. The molecule has 5 rings (SSSR count). The number of anilines is 1. The van der Waals surface area contributed by atoms with Gasteiger partial charge in [-0.3, -0.25) is 9.78 Å². The van der Waals surface area contributed by atoms with Crippen LogP contribution in [0.1, 0.15) is 16.2 Å². The number of rotatable bonds is 7. The first-order chi connectivity index (χ1) is 18.5. The van der Waals surface area contributed by atoms with E-state index in [1.165, 1.54) is 19.2 Å². The van der Waals surface area contributed by atoms with Crippen LogP contribution in [0, 0.1) is 12.7 Å². The van der Waals surface area contributed by atoms with E-state index in [1.54, 1.807) is 75.0 Å². The standard InChI is InChI=1S/C28H22FN5O4/c1-16-24(17-4-6-18(29)7-5-17)27(37-3)26(34-33-16)28(35)32-19-8-10-20(11-9-19)38-23-12-13-30-22-14-21(36-2)15-31-25(22)23/h4-15H,1-3H3,(H,32,35). The number of fused-ring (bicyclic) bond motifs is 1. The van der Waals surface area contributed by atoms with Crippen LogP contribution in [-0.4, -0.2) is 40.3 Å². The van der Waals surface area contributed by atoms with Gasteiger partial charge in [-0.15, -0.1) is 5.10 Å². The predicted molar refractivity (Wildman–Crippen MR) is 139 cm³/mol. The van der Waals surface area contributed by atoms with Crippen LogP contribution in [-0.2, 0) is 0 Å². The molecule has 1 N–H and O–H groups in total. The Balaban J connectivity index is 1.36. The lowest BCUT2D eigenvalue weighted by atomic mass is 10.0. The van der Waals surface area contributed by atoms with Gasteiger partial charge >= 0.3 is 0 Å². The Bertz CT molecular complexity index is 1630. The summed E-state index contributed by atoms with van der Waals surface area (Å²) >= 11 is 0. The Morgan fingerprint density at radius 1 is 0.895 bits per heavy atom. The Morgan fingerprint density at radius 2 is 1.66 bits per heavy atom. The number of amides is 1. The first kappa shape index (κ1) is 24.6. The zero-order valence-electron chi connectivity index (χ0n) is 20.7. The maximum atomic E-state index is 13.4. The first-order valence-corrected chi connectivity index (χ1v) is 11.5. The lowest BCUT2D eigenvalue weighted by Gasteiger charge is -2.14. The van der Waals surface area contributed by atoms with Crippen LogP contribution in [0.3, 0.4) is 0 Å². The fraction of sp³-hybridized carbons (Fsp3) is 0.107. The van der Waals surface area contributed by atoms with E-state index in [0.717, 1.165) is 0 Å². The topological polar surface area (TPSA) is 108 Å². The predicted octanol–water partition coefficient (Wildman–Crippen LogP) is 5.60. The Morgan fingerprint density at radius 3 is 2.37 bits per heavy atom. The third-order valence-corrected chi connectivity index (χ3v) is 5.75. The van der Waals surface area contributed by atoms with Crippen molar-refractivity contribution in [1.82, 2.24) is 20.2 Å². The number of aromatic nitrogens is 4. The van der Waals surface area contributed by atoms with Crippen LogP contribution >= 0.6 is 0 Å². The van der Waals surface area contributed by atoms with Gasteiger partial charge in [0.2, 0.25) is 0 Å². The van der Waals surface area contributed by atoms with Crippen molar-refractivity contribution >= 4 is 22.6 Å². The van der Waals surface area contributed by atoms with E-state index in [2.05, 4.69) is 25.5 Å². The number of nitrogens with zero attached hydrogens (tertiary/aromatic N) is 4. The second kappa shape index (κ2) is 10.5. The van der Waals surface area contributed by atoms with Gasteiger partial charge in [0.15, 0.2) is 17.2 Å². The highest BCUT2D eigenvalue weighted by molar-refractivity contribution is 6.06.